The van der Waals surface area contributed by atoms with Gasteiger partial charge < -0.3 is 0 Å². The summed E-state index contributed by atoms with van der Waals surface area (Å²) in [5.74, 6) is -0.997. The molecule has 7 heteroatoms. The molecular weight excluding hydrogens is 452 g/mol. The molecule has 0 atom stereocenters. The molecule has 0 radical (unpaired) electrons. The van der Waals surface area contributed by atoms with Gasteiger partial charge in [0.05, 0.1) is 16.9 Å². The maximum absolute atomic E-state index is 13.9. The molecule has 1 aliphatic rings. The number of benzene rings is 2. The van der Waals surface area contributed by atoms with Crippen molar-refractivity contribution in [2.75, 3.05) is 4.90 Å². The van der Waals surface area contributed by atoms with E-state index in [1.807, 2.05) is 64.1 Å². The Hall–Kier alpha value is -4.52. The highest BCUT2D eigenvalue weighted by atomic mass is 16.2. The molecule has 180 valence electrons. The molecule has 2 aromatic carbocycles. The number of imide groups is 1. The zero-order chi connectivity index (χ0) is 25.6. The van der Waals surface area contributed by atoms with E-state index in [4.69, 9.17) is 0 Å². The van der Waals surface area contributed by atoms with Crippen molar-refractivity contribution >= 4 is 28.8 Å². The average Bonchev–Trinajstić information content (AvgIpc) is 3.32. The largest absolute Gasteiger partial charge is 0.331 e. The third-order valence-electron chi connectivity index (χ3n) is 6.49. The predicted octanol–water partition coefficient (Wildman–Crippen LogP) is 3.88. The van der Waals surface area contributed by atoms with Crippen LogP contribution in [0.4, 0.5) is 5.69 Å². The number of amides is 2. The second-order valence-electron chi connectivity index (χ2n) is 9.04. The SMILES string of the molecule is CCc1[nH]n(-c2ccc(C)cc2C)c(=O)c1C1=C([n+]2ccc(C)cc2)C(=O)N(c2ccccc2)C1=O. The van der Waals surface area contributed by atoms with E-state index < -0.39 is 11.8 Å². The molecule has 0 unspecified atom stereocenters. The van der Waals surface area contributed by atoms with Crippen LogP contribution in [-0.2, 0) is 16.0 Å². The summed E-state index contributed by atoms with van der Waals surface area (Å²) >= 11 is 0. The summed E-state index contributed by atoms with van der Waals surface area (Å²) in [5, 5.41) is 3.20. The van der Waals surface area contributed by atoms with Crippen LogP contribution in [0.2, 0.25) is 0 Å². The Kier molecular flexibility index (Phi) is 5.76. The van der Waals surface area contributed by atoms with E-state index in [0.717, 1.165) is 21.6 Å². The fraction of sp³-hybridized carbons (Fsp3) is 0.172. The highest BCUT2D eigenvalue weighted by Gasteiger charge is 2.48. The highest BCUT2D eigenvalue weighted by Crippen LogP contribution is 2.33. The number of para-hydroxylation sites is 1. The lowest BCUT2D eigenvalue weighted by Gasteiger charge is -2.13. The first-order valence-electron chi connectivity index (χ1n) is 11.9. The lowest BCUT2D eigenvalue weighted by atomic mass is 10.0. The molecule has 4 aromatic rings. The number of nitrogens with one attached hydrogen (secondary N) is 1. The maximum Gasteiger partial charge on any atom is 0.331 e. The molecule has 0 spiro atoms. The lowest BCUT2D eigenvalue weighted by molar-refractivity contribution is -0.576. The molecule has 2 amide bonds. The van der Waals surface area contributed by atoms with Crippen molar-refractivity contribution in [3.63, 3.8) is 0 Å². The van der Waals surface area contributed by atoms with Crippen molar-refractivity contribution in [2.45, 2.75) is 34.1 Å². The molecule has 0 bridgehead atoms. The van der Waals surface area contributed by atoms with Crippen LogP contribution in [0, 0.1) is 20.8 Å². The summed E-state index contributed by atoms with van der Waals surface area (Å²) in [5.41, 5.74) is 4.88. The predicted molar refractivity (Wildman–Crippen MR) is 139 cm³/mol. The molecule has 3 heterocycles. The van der Waals surface area contributed by atoms with Gasteiger partial charge in [0.1, 0.15) is 5.57 Å². The van der Waals surface area contributed by atoms with Crippen molar-refractivity contribution in [1.29, 1.82) is 0 Å². The Morgan fingerprint density at radius 2 is 1.53 bits per heavy atom. The fourth-order valence-corrected chi connectivity index (χ4v) is 4.67. The highest BCUT2D eigenvalue weighted by molar-refractivity contribution is 6.53. The number of hydrogen-bond donors (Lipinski definition) is 1. The number of aromatic amines is 1. The van der Waals surface area contributed by atoms with E-state index in [2.05, 4.69) is 5.10 Å². The van der Waals surface area contributed by atoms with Gasteiger partial charge in [0, 0.05) is 17.8 Å². The molecule has 0 saturated heterocycles. The molecule has 0 aliphatic carbocycles. The van der Waals surface area contributed by atoms with Gasteiger partial charge in [-0.15, -0.1) is 0 Å². The molecule has 1 aliphatic heterocycles. The monoisotopic (exact) mass is 479 g/mol. The van der Waals surface area contributed by atoms with Crippen molar-refractivity contribution in [1.82, 2.24) is 9.78 Å². The van der Waals surface area contributed by atoms with Gasteiger partial charge in [-0.25, -0.2) is 9.58 Å². The summed E-state index contributed by atoms with van der Waals surface area (Å²) in [6, 6.07) is 18.3. The Morgan fingerprint density at radius 3 is 2.17 bits per heavy atom. The van der Waals surface area contributed by atoms with Gasteiger partial charge >= 0.3 is 5.91 Å². The van der Waals surface area contributed by atoms with Crippen molar-refractivity contribution in [3.8, 4) is 5.69 Å². The van der Waals surface area contributed by atoms with Gasteiger partial charge in [-0.1, -0.05) is 42.8 Å². The average molecular weight is 480 g/mol. The van der Waals surface area contributed by atoms with Gasteiger partial charge in [-0.2, -0.15) is 4.57 Å². The summed E-state index contributed by atoms with van der Waals surface area (Å²) < 4.78 is 3.09. The van der Waals surface area contributed by atoms with E-state index in [0.29, 0.717) is 23.5 Å². The number of H-pyrrole nitrogens is 1. The van der Waals surface area contributed by atoms with Crippen molar-refractivity contribution in [3.05, 3.63) is 111 Å². The molecule has 36 heavy (non-hydrogen) atoms. The second kappa shape index (κ2) is 8.92. The van der Waals surface area contributed by atoms with Crippen LogP contribution in [0.15, 0.2) is 77.9 Å². The van der Waals surface area contributed by atoms with E-state index >= 15 is 0 Å². The first kappa shape index (κ1) is 23.2. The standard InChI is InChI=1S/C29H26N4O3/c1-5-22-24(28(35)33(30-22)23-12-11-19(3)17-20(23)4)25-26(31-15-13-18(2)14-16-31)29(36)32(27(25)34)21-9-7-6-8-10-21/h6-17H,5H2,1-4H3/p+1. The number of aryl methyl sites for hydroxylation is 4. The lowest BCUT2D eigenvalue weighted by Crippen LogP contribution is -2.39. The molecule has 7 nitrogen and oxygen atoms in total. The Morgan fingerprint density at radius 1 is 0.833 bits per heavy atom. The molecule has 0 saturated carbocycles. The Balaban J connectivity index is 1.79. The van der Waals surface area contributed by atoms with Crippen LogP contribution < -0.4 is 15.0 Å². The van der Waals surface area contributed by atoms with Crippen LogP contribution in [-0.4, -0.2) is 21.6 Å². The third kappa shape index (κ3) is 3.69. The number of carbonyl (C=O) groups excluding carboxylic acids is 2. The van der Waals surface area contributed by atoms with Crippen LogP contribution in [0.5, 0.6) is 0 Å². The van der Waals surface area contributed by atoms with E-state index in [-0.39, 0.29) is 22.4 Å². The Labute approximate surface area is 208 Å². The molecular formula is C29H27N4O3+. The van der Waals surface area contributed by atoms with Crippen molar-refractivity contribution < 1.29 is 14.2 Å². The van der Waals surface area contributed by atoms with E-state index in [9.17, 15) is 14.4 Å². The van der Waals surface area contributed by atoms with Crippen LogP contribution in [0.1, 0.15) is 34.9 Å². The summed E-state index contributed by atoms with van der Waals surface area (Å²) in [4.78, 5) is 42.7. The maximum atomic E-state index is 13.9. The third-order valence-corrected chi connectivity index (χ3v) is 6.49. The minimum Gasteiger partial charge on any atom is -0.294 e. The van der Waals surface area contributed by atoms with E-state index in [1.54, 1.807) is 41.2 Å². The smallest absolute Gasteiger partial charge is 0.294 e. The molecule has 2 aromatic heterocycles. The van der Waals surface area contributed by atoms with Gasteiger partial charge in [-0.05, 0) is 56.5 Å². The number of nitrogens with zero attached hydrogens (tertiary/aromatic N) is 3. The second-order valence-corrected chi connectivity index (χ2v) is 9.04. The summed E-state index contributed by atoms with van der Waals surface area (Å²) in [6.45, 7) is 7.79. The number of carbonyl (C=O) groups is 2. The molecule has 0 fully saturated rings. The number of hydrogen-bond acceptors (Lipinski definition) is 3. The minimum atomic E-state index is -0.521. The van der Waals surface area contributed by atoms with Crippen LogP contribution in [0.25, 0.3) is 17.0 Å². The normalized spacial score (nSPS) is 13.7. The zero-order valence-corrected chi connectivity index (χ0v) is 20.7. The summed E-state index contributed by atoms with van der Waals surface area (Å²) in [6.07, 6.45) is 3.96. The first-order chi connectivity index (χ1) is 17.3. The van der Waals surface area contributed by atoms with Gasteiger partial charge in [-0.3, -0.25) is 19.5 Å². The van der Waals surface area contributed by atoms with Gasteiger partial charge in [0.2, 0.25) is 0 Å². The number of aromatic nitrogens is 3. The molecule has 1 N–H and O–H groups in total. The van der Waals surface area contributed by atoms with Crippen molar-refractivity contribution in [2.24, 2.45) is 0 Å². The number of rotatable bonds is 5. The first-order valence-corrected chi connectivity index (χ1v) is 11.9. The fourth-order valence-electron chi connectivity index (χ4n) is 4.67. The number of pyridine rings is 1. The van der Waals surface area contributed by atoms with Crippen LogP contribution >= 0.6 is 0 Å². The number of anilines is 1. The summed E-state index contributed by atoms with van der Waals surface area (Å²) in [7, 11) is 0. The Bertz CT molecular complexity index is 1590. The van der Waals surface area contributed by atoms with E-state index in [1.165, 1.54) is 4.68 Å². The van der Waals surface area contributed by atoms with Gasteiger partial charge in [0.15, 0.2) is 12.4 Å². The van der Waals surface area contributed by atoms with Gasteiger partial charge in [0.25, 0.3) is 17.2 Å². The zero-order valence-electron chi connectivity index (χ0n) is 20.7. The molecule has 5 rings (SSSR count). The topological polar surface area (TPSA) is 79.1 Å². The minimum absolute atomic E-state index is 0.0966. The quantitative estimate of drug-likeness (QED) is 0.349. The van der Waals surface area contributed by atoms with Crippen LogP contribution in [0.3, 0.4) is 0 Å².